The van der Waals surface area contributed by atoms with Crippen LogP contribution >= 0.6 is 15.9 Å². The molecule has 2 aromatic carbocycles. The molecule has 2 rings (SSSR count). The fourth-order valence-electron chi connectivity index (χ4n) is 1.62. The van der Waals surface area contributed by atoms with Gasteiger partial charge in [-0.15, -0.1) is 0 Å². The summed E-state index contributed by atoms with van der Waals surface area (Å²) in [4.78, 5) is 23.4. The van der Waals surface area contributed by atoms with E-state index in [0.29, 0.717) is 11.3 Å². The Kier molecular flexibility index (Phi) is 5.48. The second-order valence-electron chi connectivity index (χ2n) is 4.37. The van der Waals surface area contributed by atoms with Gasteiger partial charge in [0.25, 0.3) is 11.8 Å². The number of amides is 2. The highest BCUT2D eigenvalue weighted by atomic mass is 79.9. The summed E-state index contributed by atoms with van der Waals surface area (Å²) in [5.74, 6) is -1.27. The Morgan fingerprint density at radius 3 is 2.45 bits per heavy atom. The first-order chi connectivity index (χ1) is 10.5. The predicted octanol–water partition coefficient (Wildman–Crippen LogP) is 2.46. The van der Waals surface area contributed by atoms with Crippen LogP contribution in [0.4, 0.5) is 10.1 Å². The molecule has 22 heavy (non-hydrogen) atoms. The first-order valence-corrected chi connectivity index (χ1v) is 7.18. The Hall–Kier alpha value is -2.41. The van der Waals surface area contributed by atoms with E-state index in [9.17, 15) is 14.0 Å². The van der Waals surface area contributed by atoms with Gasteiger partial charge in [-0.25, -0.2) is 4.39 Å². The molecule has 0 radical (unpaired) electrons. The van der Waals surface area contributed by atoms with E-state index in [2.05, 4.69) is 32.1 Å². The molecular formula is C15H13BrFN3O2. The number of carbonyl (C=O) groups excluding carboxylic acids is 2. The van der Waals surface area contributed by atoms with Crippen molar-refractivity contribution < 1.29 is 14.0 Å². The molecule has 0 aliphatic heterocycles. The van der Waals surface area contributed by atoms with Crippen LogP contribution in [0.25, 0.3) is 0 Å². The largest absolute Gasteiger partial charge is 0.376 e. The smallest absolute Gasteiger partial charge is 0.269 e. The zero-order valence-corrected chi connectivity index (χ0v) is 13.0. The maximum Gasteiger partial charge on any atom is 0.269 e. The maximum absolute atomic E-state index is 13.0. The summed E-state index contributed by atoms with van der Waals surface area (Å²) < 4.78 is 13.8. The monoisotopic (exact) mass is 365 g/mol. The zero-order chi connectivity index (χ0) is 15.9. The van der Waals surface area contributed by atoms with E-state index in [-0.39, 0.29) is 6.54 Å². The SMILES string of the molecule is O=C(CNc1cccc(F)c1)NNC(=O)c1ccc(Br)cc1. The summed E-state index contributed by atoms with van der Waals surface area (Å²) in [5.41, 5.74) is 5.47. The van der Waals surface area contributed by atoms with Crippen LogP contribution in [0.2, 0.25) is 0 Å². The normalized spacial score (nSPS) is 9.91. The van der Waals surface area contributed by atoms with Crippen LogP contribution < -0.4 is 16.2 Å². The number of hydrogen-bond donors (Lipinski definition) is 3. The number of hydrazine groups is 1. The molecule has 3 N–H and O–H groups in total. The van der Waals surface area contributed by atoms with Crippen LogP contribution in [0.3, 0.4) is 0 Å². The van der Waals surface area contributed by atoms with Gasteiger partial charge in [0.2, 0.25) is 0 Å². The summed E-state index contributed by atoms with van der Waals surface area (Å²) in [6.45, 7) is -0.0932. The summed E-state index contributed by atoms with van der Waals surface area (Å²) in [7, 11) is 0. The zero-order valence-electron chi connectivity index (χ0n) is 11.4. The molecule has 0 spiro atoms. The predicted molar refractivity (Wildman–Crippen MR) is 84.6 cm³/mol. The van der Waals surface area contributed by atoms with E-state index in [1.54, 1.807) is 30.3 Å². The highest BCUT2D eigenvalue weighted by molar-refractivity contribution is 9.10. The van der Waals surface area contributed by atoms with Crippen molar-refractivity contribution in [3.05, 3.63) is 64.4 Å². The van der Waals surface area contributed by atoms with E-state index < -0.39 is 17.6 Å². The van der Waals surface area contributed by atoms with Crippen molar-refractivity contribution in [3.63, 3.8) is 0 Å². The third kappa shape index (κ3) is 4.85. The first-order valence-electron chi connectivity index (χ1n) is 6.39. The summed E-state index contributed by atoms with van der Waals surface area (Å²) in [5, 5.41) is 2.75. The molecule has 0 aliphatic rings. The van der Waals surface area contributed by atoms with E-state index in [0.717, 1.165) is 4.47 Å². The minimum atomic E-state index is -0.449. The Morgan fingerprint density at radius 2 is 1.77 bits per heavy atom. The number of carbonyl (C=O) groups is 2. The summed E-state index contributed by atoms with van der Waals surface area (Å²) in [6, 6.07) is 12.4. The van der Waals surface area contributed by atoms with Gasteiger partial charge in [-0.2, -0.15) is 0 Å². The minimum Gasteiger partial charge on any atom is -0.376 e. The molecule has 2 amide bonds. The molecule has 0 aliphatic carbocycles. The minimum absolute atomic E-state index is 0.0932. The molecule has 114 valence electrons. The molecule has 0 bridgehead atoms. The van der Waals surface area contributed by atoms with Crippen molar-refractivity contribution in [1.82, 2.24) is 10.9 Å². The van der Waals surface area contributed by atoms with Crippen LogP contribution in [-0.4, -0.2) is 18.4 Å². The molecular weight excluding hydrogens is 353 g/mol. The highest BCUT2D eigenvalue weighted by Crippen LogP contribution is 2.10. The molecule has 0 saturated heterocycles. The number of halogens is 2. The molecule has 0 saturated carbocycles. The van der Waals surface area contributed by atoms with Crippen LogP contribution in [0.1, 0.15) is 10.4 Å². The van der Waals surface area contributed by atoms with Crippen molar-refractivity contribution >= 4 is 33.4 Å². The van der Waals surface area contributed by atoms with Gasteiger partial charge in [0.1, 0.15) is 5.82 Å². The molecule has 0 unspecified atom stereocenters. The molecule has 0 atom stereocenters. The van der Waals surface area contributed by atoms with Gasteiger partial charge < -0.3 is 5.32 Å². The third-order valence-corrected chi connectivity index (χ3v) is 3.23. The van der Waals surface area contributed by atoms with E-state index in [1.807, 2.05) is 0 Å². The number of rotatable bonds is 4. The Balaban J connectivity index is 1.78. The average Bonchev–Trinajstić information content (AvgIpc) is 2.51. The molecule has 0 fully saturated rings. The second-order valence-corrected chi connectivity index (χ2v) is 5.29. The van der Waals surface area contributed by atoms with Gasteiger partial charge >= 0.3 is 0 Å². The molecule has 0 aromatic heterocycles. The summed E-state index contributed by atoms with van der Waals surface area (Å²) >= 11 is 3.27. The van der Waals surface area contributed by atoms with Crippen molar-refractivity contribution in [2.75, 3.05) is 11.9 Å². The third-order valence-electron chi connectivity index (χ3n) is 2.70. The number of benzene rings is 2. The molecule has 0 heterocycles. The van der Waals surface area contributed by atoms with Crippen molar-refractivity contribution in [3.8, 4) is 0 Å². The van der Waals surface area contributed by atoms with E-state index >= 15 is 0 Å². The quantitative estimate of drug-likeness (QED) is 0.729. The van der Waals surface area contributed by atoms with Crippen molar-refractivity contribution in [1.29, 1.82) is 0 Å². The lowest BCUT2D eigenvalue weighted by Crippen LogP contribution is -2.44. The fourth-order valence-corrected chi connectivity index (χ4v) is 1.89. The average molecular weight is 366 g/mol. The number of hydrogen-bond acceptors (Lipinski definition) is 3. The number of anilines is 1. The van der Waals surface area contributed by atoms with Gasteiger partial charge in [0.15, 0.2) is 0 Å². The lowest BCUT2D eigenvalue weighted by Gasteiger charge is -2.09. The van der Waals surface area contributed by atoms with Gasteiger partial charge in [0, 0.05) is 15.7 Å². The standard InChI is InChI=1S/C15H13BrFN3O2/c16-11-6-4-10(5-7-11)15(22)20-19-14(21)9-18-13-3-1-2-12(17)8-13/h1-8,18H,9H2,(H,19,21)(H,20,22). The van der Waals surface area contributed by atoms with Crippen LogP contribution in [0.5, 0.6) is 0 Å². The topological polar surface area (TPSA) is 70.2 Å². The summed E-state index contributed by atoms with van der Waals surface area (Å²) in [6.07, 6.45) is 0. The second kappa shape index (κ2) is 7.56. The Labute approximate surface area is 135 Å². The lowest BCUT2D eigenvalue weighted by atomic mass is 10.2. The highest BCUT2D eigenvalue weighted by Gasteiger charge is 2.07. The van der Waals surface area contributed by atoms with Gasteiger partial charge in [-0.1, -0.05) is 22.0 Å². The van der Waals surface area contributed by atoms with E-state index in [1.165, 1.54) is 18.2 Å². The maximum atomic E-state index is 13.0. The van der Waals surface area contributed by atoms with Crippen LogP contribution in [0, 0.1) is 5.82 Å². The van der Waals surface area contributed by atoms with Gasteiger partial charge in [-0.3, -0.25) is 20.4 Å². The van der Waals surface area contributed by atoms with Crippen LogP contribution in [-0.2, 0) is 4.79 Å². The van der Waals surface area contributed by atoms with Crippen molar-refractivity contribution in [2.45, 2.75) is 0 Å². The van der Waals surface area contributed by atoms with Crippen molar-refractivity contribution in [2.24, 2.45) is 0 Å². The Morgan fingerprint density at radius 1 is 1.05 bits per heavy atom. The molecule has 5 nitrogen and oxygen atoms in total. The number of nitrogens with one attached hydrogen (secondary N) is 3. The first kappa shape index (κ1) is 16.0. The lowest BCUT2D eigenvalue weighted by molar-refractivity contribution is -0.120. The Bertz CT molecular complexity index is 677. The van der Waals surface area contributed by atoms with Crippen LogP contribution in [0.15, 0.2) is 53.0 Å². The van der Waals surface area contributed by atoms with Gasteiger partial charge in [-0.05, 0) is 42.5 Å². The fraction of sp³-hybridized carbons (Fsp3) is 0.0667. The molecule has 7 heteroatoms. The van der Waals surface area contributed by atoms with E-state index in [4.69, 9.17) is 0 Å². The van der Waals surface area contributed by atoms with Gasteiger partial charge in [0.05, 0.1) is 6.54 Å². The molecule has 2 aromatic rings.